The molecule has 1 aromatic heterocycles. The largest absolute Gasteiger partial charge is 0.379 e. The van der Waals surface area contributed by atoms with Gasteiger partial charge in [0, 0.05) is 44.6 Å². The SMILES string of the molecule is CC(C)CC(CNC(=O)CCc1nc2ccccc2c(=O)n1C1CC1)N1CCOCC1. The quantitative estimate of drug-likeness (QED) is 0.667. The molecule has 2 fully saturated rings. The Morgan fingerprint density at radius 2 is 1.97 bits per heavy atom. The molecule has 31 heavy (non-hydrogen) atoms. The van der Waals surface area contributed by atoms with Crippen molar-refractivity contribution in [2.75, 3.05) is 32.8 Å². The molecule has 1 N–H and O–H groups in total. The molecule has 1 aliphatic carbocycles. The van der Waals surface area contributed by atoms with Gasteiger partial charge >= 0.3 is 0 Å². The molecule has 2 aliphatic rings. The summed E-state index contributed by atoms with van der Waals surface area (Å²) in [6, 6.07) is 8.04. The van der Waals surface area contributed by atoms with Crippen LogP contribution in [-0.4, -0.2) is 59.2 Å². The fourth-order valence-corrected chi connectivity index (χ4v) is 4.47. The Labute approximate surface area is 183 Å². The second-order valence-electron chi connectivity index (χ2n) is 9.19. The molecule has 1 atom stereocenters. The lowest BCUT2D eigenvalue weighted by atomic mass is 10.0. The number of hydrogen-bond acceptors (Lipinski definition) is 5. The molecule has 0 radical (unpaired) electrons. The Morgan fingerprint density at radius 1 is 1.23 bits per heavy atom. The predicted molar refractivity (Wildman–Crippen MR) is 121 cm³/mol. The zero-order chi connectivity index (χ0) is 21.8. The maximum Gasteiger partial charge on any atom is 0.261 e. The van der Waals surface area contributed by atoms with E-state index in [1.54, 1.807) is 0 Å². The van der Waals surface area contributed by atoms with Crippen LogP contribution in [-0.2, 0) is 16.0 Å². The molecule has 7 heteroatoms. The van der Waals surface area contributed by atoms with Crippen molar-refractivity contribution in [2.45, 2.75) is 58.0 Å². The number of amides is 1. The molecule has 1 saturated carbocycles. The van der Waals surface area contributed by atoms with E-state index in [1.807, 2.05) is 28.8 Å². The summed E-state index contributed by atoms with van der Waals surface area (Å²) in [5.41, 5.74) is 0.733. The predicted octanol–water partition coefficient (Wildman–Crippen LogP) is 2.53. The number of para-hydroxylation sites is 1. The van der Waals surface area contributed by atoms with Gasteiger partial charge in [0.1, 0.15) is 5.82 Å². The van der Waals surface area contributed by atoms with Gasteiger partial charge in [0.2, 0.25) is 5.91 Å². The van der Waals surface area contributed by atoms with Crippen LogP contribution in [0.25, 0.3) is 10.9 Å². The van der Waals surface area contributed by atoms with Gasteiger partial charge in [0.15, 0.2) is 0 Å². The molecule has 2 heterocycles. The van der Waals surface area contributed by atoms with Crippen LogP contribution in [0, 0.1) is 5.92 Å². The van der Waals surface area contributed by atoms with Crippen LogP contribution in [0.3, 0.4) is 0 Å². The van der Waals surface area contributed by atoms with Gasteiger partial charge in [-0.15, -0.1) is 0 Å². The number of hydrogen-bond donors (Lipinski definition) is 1. The van der Waals surface area contributed by atoms with E-state index in [1.165, 1.54) is 0 Å². The minimum Gasteiger partial charge on any atom is -0.379 e. The standard InChI is InChI=1S/C24H34N4O3/c1-17(2)15-19(27-11-13-31-14-12-27)16-25-23(29)10-9-22-26-21-6-4-3-5-20(21)24(30)28(22)18-7-8-18/h3-6,17-19H,7-16H2,1-2H3,(H,25,29). The molecule has 4 rings (SSSR count). The molecule has 168 valence electrons. The highest BCUT2D eigenvalue weighted by Gasteiger charge is 2.28. The zero-order valence-electron chi connectivity index (χ0n) is 18.7. The van der Waals surface area contributed by atoms with Crippen molar-refractivity contribution in [1.29, 1.82) is 0 Å². The number of nitrogens with one attached hydrogen (secondary N) is 1. The minimum atomic E-state index is 0.0202. The van der Waals surface area contributed by atoms with Crippen LogP contribution in [0.5, 0.6) is 0 Å². The van der Waals surface area contributed by atoms with Gasteiger partial charge in [0.25, 0.3) is 5.56 Å². The van der Waals surface area contributed by atoms with E-state index in [-0.39, 0.29) is 17.5 Å². The summed E-state index contributed by atoms with van der Waals surface area (Å²) >= 11 is 0. The Hall–Kier alpha value is -2.25. The van der Waals surface area contributed by atoms with Crippen LogP contribution < -0.4 is 10.9 Å². The van der Waals surface area contributed by atoms with E-state index in [9.17, 15) is 9.59 Å². The van der Waals surface area contributed by atoms with Crippen LogP contribution in [0.4, 0.5) is 0 Å². The number of benzene rings is 1. The highest BCUT2D eigenvalue weighted by atomic mass is 16.5. The fraction of sp³-hybridized carbons (Fsp3) is 0.625. The highest BCUT2D eigenvalue weighted by molar-refractivity contribution is 5.78. The number of carbonyl (C=O) groups excluding carboxylic acids is 1. The Balaban J connectivity index is 1.39. The van der Waals surface area contributed by atoms with Gasteiger partial charge in [-0.3, -0.25) is 19.1 Å². The second-order valence-corrected chi connectivity index (χ2v) is 9.19. The zero-order valence-corrected chi connectivity index (χ0v) is 18.7. The summed E-state index contributed by atoms with van der Waals surface area (Å²) in [6.45, 7) is 8.45. The van der Waals surface area contributed by atoms with E-state index in [0.717, 1.165) is 51.4 Å². The summed E-state index contributed by atoms with van der Waals surface area (Å²) < 4.78 is 7.30. The van der Waals surface area contributed by atoms with Crippen molar-refractivity contribution >= 4 is 16.8 Å². The van der Waals surface area contributed by atoms with Crippen molar-refractivity contribution in [1.82, 2.24) is 19.8 Å². The van der Waals surface area contributed by atoms with E-state index in [4.69, 9.17) is 9.72 Å². The maximum atomic E-state index is 13.0. The van der Waals surface area contributed by atoms with Crippen LogP contribution in [0.15, 0.2) is 29.1 Å². The molecule has 1 unspecified atom stereocenters. The third-order valence-corrected chi connectivity index (χ3v) is 6.21. The first-order chi connectivity index (χ1) is 15.0. The number of carbonyl (C=O) groups is 1. The van der Waals surface area contributed by atoms with Crippen molar-refractivity contribution < 1.29 is 9.53 Å². The van der Waals surface area contributed by atoms with Crippen LogP contribution in [0.1, 0.15) is 51.4 Å². The third-order valence-electron chi connectivity index (χ3n) is 6.21. The van der Waals surface area contributed by atoms with Crippen LogP contribution in [0.2, 0.25) is 0 Å². The number of nitrogens with zero attached hydrogens (tertiary/aromatic N) is 3. The molecule has 1 saturated heterocycles. The van der Waals surface area contributed by atoms with Gasteiger partial charge < -0.3 is 10.1 Å². The first-order valence-corrected chi connectivity index (χ1v) is 11.6. The van der Waals surface area contributed by atoms with Gasteiger partial charge in [0.05, 0.1) is 24.1 Å². The first-order valence-electron chi connectivity index (χ1n) is 11.6. The van der Waals surface area contributed by atoms with Crippen molar-refractivity contribution in [3.8, 4) is 0 Å². The van der Waals surface area contributed by atoms with Gasteiger partial charge in [-0.1, -0.05) is 26.0 Å². The summed E-state index contributed by atoms with van der Waals surface area (Å²) in [4.78, 5) is 32.8. The number of ether oxygens (including phenoxy) is 1. The summed E-state index contributed by atoms with van der Waals surface area (Å²) in [7, 11) is 0. The van der Waals surface area contributed by atoms with Gasteiger partial charge in [-0.25, -0.2) is 4.98 Å². The van der Waals surface area contributed by atoms with E-state index in [2.05, 4.69) is 24.1 Å². The first kappa shape index (κ1) is 22.0. The molecular formula is C24H34N4O3. The van der Waals surface area contributed by atoms with Crippen LogP contribution >= 0.6 is 0 Å². The number of morpholine rings is 1. The van der Waals surface area contributed by atoms with E-state index < -0.39 is 0 Å². The molecule has 1 amide bonds. The lowest BCUT2D eigenvalue weighted by molar-refractivity contribution is -0.121. The van der Waals surface area contributed by atoms with Gasteiger partial charge in [-0.2, -0.15) is 0 Å². The molecule has 1 aromatic carbocycles. The number of aryl methyl sites for hydroxylation is 1. The average molecular weight is 427 g/mol. The summed E-state index contributed by atoms with van der Waals surface area (Å²) in [6.07, 6.45) is 3.89. The van der Waals surface area contributed by atoms with Crippen molar-refractivity contribution in [2.24, 2.45) is 5.92 Å². The van der Waals surface area contributed by atoms with Crippen molar-refractivity contribution in [3.63, 3.8) is 0 Å². The highest BCUT2D eigenvalue weighted by Crippen LogP contribution is 2.34. The molecule has 7 nitrogen and oxygen atoms in total. The Morgan fingerprint density at radius 3 is 2.68 bits per heavy atom. The molecule has 0 spiro atoms. The third kappa shape index (κ3) is 5.52. The normalized spacial score (nSPS) is 18.4. The van der Waals surface area contributed by atoms with E-state index in [0.29, 0.717) is 42.2 Å². The van der Waals surface area contributed by atoms with E-state index >= 15 is 0 Å². The topological polar surface area (TPSA) is 76.5 Å². The molecular weight excluding hydrogens is 392 g/mol. The summed E-state index contributed by atoms with van der Waals surface area (Å²) in [5, 5.41) is 3.79. The summed E-state index contributed by atoms with van der Waals surface area (Å²) in [5.74, 6) is 1.32. The number of aromatic nitrogens is 2. The fourth-order valence-electron chi connectivity index (χ4n) is 4.47. The van der Waals surface area contributed by atoms with Crippen molar-refractivity contribution in [3.05, 3.63) is 40.4 Å². The number of rotatable bonds is 9. The molecule has 0 bridgehead atoms. The lowest BCUT2D eigenvalue weighted by Crippen LogP contribution is -2.49. The lowest BCUT2D eigenvalue weighted by Gasteiger charge is -2.35. The number of fused-ring (bicyclic) bond motifs is 1. The Kier molecular flexibility index (Phi) is 7.02. The Bertz CT molecular complexity index is 961. The maximum absolute atomic E-state index is 13.0. The molecule has 1 aliphatic heterocycles. The average Bonchev–Trinajstić information content (AvgIpc) is 3.60. The second kappa shape index (κ2) is 9.92. The molecule has 2 aromatic rings. The smallest absolute Gasteiger partial charge is 0.261 e. The minimum absolute atomic E-state index is 0.0202. The monoisotopic (exact) mass is 426 g/mol. The van der Waals surface area contributed by atoms with Gasteiger partial charge in [-0.05, 0) is 37.3 Å².